The van der Waals surface area contributed by atoms with Crippen molar-refractivity contribution in [2.75, 3.05) is 28.2 Å². The molecule has 0 saturated carbocycles. The number of aliphatic hydroxyl groups excluding tert-OH is 1. The van der Waals surface area contributed by atoms with E-state index in [0.29, 0.717) is 11.1 Å². The molecule has 0 saturated heterocycles. The molecule has 0 radical (unpaired) electrons. The molecule has 0 bridgehead atoms. The molecule has 0 fully saturated rings. The normalized spacial score (nSPS) is 17.4. The second kappa shape index (κ2) is 9.05. The van der Waals surface area contributed by atoms with E-state index in [-0.39, 0.29) is 23.7 Å². The first-order chi connectivity index (χ1) is 15.5. The van der Waals surface area contributed by atoms with Crippen LogP contribution in [0.3, 0.4) is 0 Å². The molecule has 1 unspecified atom stereocenters. The maximum atomic E-state index is 13.9. The summed E-state index contributed by atoms with van der Waals surface area (Å²) in [4.78, 5) is 41.2. The van der Waals surface area contributed by atoms with Gasteiger partial charge in [0.1, 0.15) is 19.8 Å². The number of carbonyl (C=O) groups is 3. The largest absolute Gasteiger partial charge is 0.548 e. The molecule has 1 N–H and O–H groups in total. The molecule has 174 valence electrons. The van der Waals surface area contributed by atoms with E-state index in [4.69, 9.17) is 9.47 Å². The molecule has 2 aromatic carbocycles. The van der Waals surface area contributed by atoms with Crippen molar-refractivity contribution in [2.45, 2.75) is 31.8 Å². The topological polar surface area (TPSA) is 96.1 Å². The third-order valence-corrected chi connectivity index (χ3v) is 5.57. The van der Waals surface area contributed by atoms with Crippen LogP contribution in [0, 0.1) is 0 Å². The summed E-state index contributed by atoms with van der Waals surface area (Å²) in [5.41, 5.74) is -0.448. The second-order valence-electron chi connectivity index (χ2n) is 8.72. The van der Waals surface area contributed by atoms with E-state index in [9.17, 15) is 19.5 Å². The van der Waals surface area contributed by atoms with Gasteiger partial charge in [0, 0.05) is 26.1 Å². The highest BCUT2D eigenvalue weighted by Gasteiger charge is 2.56. The van der Waals surface area contributed by atoms with Gasteiger partial charge in [-0.25, -0.2) is 4.79 Å². The van der Waals surface area contributed by atoms with Crippen LogP contribution in [-0.4, -0.2) is 66.5 Å². The Morgan fingerprint density at radius 2 is 1.79 bits per heavy atom. The minimum atomic E-state index is -2.22. The molecule has 0 heterocycles. The van der Waals surface area contributed by atoms with Gasteiger partial charge in [-0.3, -0.25) is 9.59 Å². The van der Waals surface area contributed by atoms with Gasteiger partial charge in [0.2, 0.25) is 5.78 Å². The number of rotatable bonds is 4. The lowest BCUT2D eigenvalue weighted by atomic mass is 9.73. The Hall–Kier alpha value is -3.68. The van der Waals surface area contributed by atoms with Crippen LogP contribution in [0.15, 0.2) is 42.5 Å². The highest BCUT2D eigenvalue weighted by molar-refractivity contribution is 6.22. The molecule has 0 spiro atoms. The third kappa shape index (κ3) is 4.33. The smallest absolute Gasteiger partial charge is 0.430 e. The number of hydrogen-bond acceptors (Lipinski definition) is 5. The predicted octanol–water partition coefficient (Wildman–Crippen LogP) is 3.28. The Morgan fingerprint density at radius 3 is 2.39 bits per heavy atom. The molecule has 3 rings (SSSR count). The van der Waals surface area contributed by atoms with Crippen molar-refractivity contribution >= 4 is 23.7 Å². The van der Waals surface area contributed by atoms with Crippen LogP contribution in [0.5, 0.6) is 5.75 Å². The van der Waals surface area contributed by atoms with E-state index in [0.717, 1.165) is 5.56 Å². The van der Waals surface area contributed by atoms with Crippen LogP contribution in [0.25, 0.3) is 0 Å². The molecule has 0 aromatic heterocycles. The standard InChI is InChI=1S/C25H28N2O6/c1-15(2)16-11-12-19(20(13-16)32-23(30)26(3)4)25(33-24(31)27(5)6)21(28)14-17-9-7-8-10-18(17)22(25)29/h7-13,15H,14H2,1-6H3/p+1. The van der Waals surface area contributed by atoms with Crippen LogP contribution < -0.4 is 4.74 Å². The predicted molar refractivity (Wildman–Crippen MR) is 122 cm³/mol. The SMILES string of the molecule is CC(C)c1ccc(C2(OC(O)=[N+](C)C)C(=O)Cc3ccccc3C2=O)c(OC(=O)N(C)C)c1. The first-order valence-electron chi connectivity index (χ1n) is 10.6. The van der Waals surface area contributed by atoms with E-state index in [1.54, 1.807) is 42.5 Å². The van der Waals surface area contributed by atoms with Gasteiger partial charge in [0.15, 0.2) is 5.78 Å². The lowest BCUT2D eigenvalue weighted by molar-refractivity contribution is -0.486. The zero-order valence-corrected chi connectivity index (χ0v) is 19.7. The number of hydrogen-bond donors (Lipinski definition) is 1. The number of fused-ring (bicyclic) bond motifs is 1. The molecule has 1 aliphatic rings. The zero-order valence-electron chi connectivity index (χ0n) is 19.7. The number of aliphatic hydroxyl groups is 1. The minimum absolute atomic E-state index is 0.0209. The number of ether oxygens (including phenoxy) is 2. The number of Topliss-reactive ketones (excluding diaryl/α,β-unsaturated/α-hetero) is 2. The van der Waals surface area contributed by atoms with Gasteiger partial charge >= 0.3 is 12.2 Å². The van der Waals surface area contributed by atoms with Crippen LogP contribution in [-0.2, 0) is 21.6 Å². The molecule has 8 heteroatoms. The van der Waals surface area contributed by atoms with Crippen molar-refractivity contribution in [1.29, 1.82) is 0 Å². The Morgan fingerprint density at radius 1 is 1.12 bits per heavy atom. The van der Waals surface area contributed by atoms with Crippen molar-refractivity contribution in [1.82, 2.24) is 4.90 Å². The maximum absolute atomic E-state index is 13.9. The quantitative estimate of drug-likeness (QED) is 0.330. The van der Waals surface area contributed by atoms with Gasteiger partial charge in [-0.15, -0.1) is 0 Å². The Balaban J connectivity index is 2.33. The number of ketones is 2. The van der Waals surface area contributed by atoms with Crippen LogP contribution >= 0.6 is 0 Å². The van der Waals surface area contributed by atoms with Crippen LogP contribution in [0.4, 0.5) is 4.79 Å². The summed E-state index contributed by atoms with van der Waals surface area (Å²) in [5.74, 6) is -1.10. The highest BCUT2D eigenvalue weighted by atomic mass is 16.6. The van der Waals surface area contributed by atoms with Crippen molar-refractivity contribution in [2.24, 2.45) is 0 Å². The third-order valence-electron chi connectivity index (χ3n) is 5.57. The van der Waals surface area contributed by atoms with Crippen LogP contribution in [0.1, 0.15) is 46.8 Å². The van der Waals surface area contributed by atoms with E-state index < -0.39 is 29.3 Å². The molecular weight excluding hydrogens is 424 g/mol. The summed E-state index contributed by atoms with van der Waals surface area (Å²) in [5, 5.41) is 10.5. The minimum Gasteiger partial charge on any atom is -0.430 e. The van der Waals surface area contributed by atoms with Gasteiger partial charge < -0.3 is 19.5 Å². The first kappa shape index (κ1) is 24.0. The summed E-state index contributed by atoms with van der Waals surface area (Å²) >= 11 is 0. The fraction of sp³-hybridized carbons (Fsp3) is 0.360. The van der Waals surface area contributed by atoms with E-state index in [1.807, 2.05) is 13.8 Å². The van der Waals surface area contributed by atoms with Gasteiger partial charge in [-0.1, -0.05) is 50.2 Å². The van der Waals surface area contributed by atoms with Crippen molar-refractivity contribution in [3.8, 4) is 5.75 Å². The Bertz CT molecular complexity index is 1150. The highest BCUT2D eigenvalue weighted by Crippen LogP contribution is 2.42. The fourth-order valence-electron chi connectivity index (χ4n) is 3.63. The summed E-state index contributed by atoms with van der Waals surface area (Å²) in [6, 6.07) is 11.7. The summed E-state index contributed by atoms with van der Waals surface area (Å²) in [6.07, 6.45) is -1.38. The number of nitrogens with zero attached hydrogens (tertiary/aromatic N) is 2. The summed E-state index contributed by atoms with van der Waals surface area (Å²) in [6.45, 7) is 3.94. The van der Waals surface area contributed by atoms with E-state index in [2.05, 4.69) is 0 Å². The van der Waals surface area contributed by atoms with Crippen molar-refractivity contribution in [3.05, 3.63) is 64.7 Å². The molecule has 2 aromatic rings. The summed E-state index contributed by atoms with van der Waals surface area (Å²) < 4.78 is 12.6. The summed E-state index contributed by atoms with van der Waals surface area (Å²) in [7, 11) is 6.09. The Kier molecular flexibility index (Phi) is 6.58. The van der Waals surface area contributed by atoms with Gasteiger partial charge in [-0.2, -0.15) is 4.58 Å². The lowest BCUT2D eigenvalue weighted by Gasteiger charge is -2.35. The van der Waals surface area contributed by atoms with E-state index >= 15 is 0 Å². The Labute approximate surface area is 193 Å². The lowest BCUT2D eigenvalue weighted by Crippen LogP contribution is -2.52. The molecule has 0 aliphatic heterocycles. The maximum Gasteiger partial charge on any atom is 0.548 e. The van der Waals surface area contributed by atoms with E-state index in [1.165, 1.54) is 37.7 Å². The molecule has 33 heavy (non-hydrogen) atoms. The molecular formula is C25H29N2O6+. The average molecular weight is 454 g/mol. The zero-order chi connectivity index (χ0) is 24.5. The van der Waals surface area contributed by atoms with Gasteiger partial charge in [0.05, 0.1) is 5.56 Å². The number of carbonyl (C=O) groups excluding carboxylic acids is 3. The fourth-order valence-corrected chi connectivity index (χ4v) is 3.63. The van der Waals surface area contributed by atoms with Crippen molar-refractivity contribution < 1.29 is 33.5 Å². The first-order valence-corrected chi connectivity index (χ1v) is 10.6. The molecule has 1 amide bonds. The van der Waals surface area contributed by atoms with Gasteiger partial charge in [-0.05, 0) is 23.1 Å². The monoisotopic (exact) mass is 453 g/mol. The van der Waals surface area contributed by atoms with Gasteiger partial charge in [0.25, 0.3) is 5.60 Å². The van der Waals surface area contributed by atoms with Crippen molar-refractivity contribution in [3.63, 3.8) is 0 Å². The number of benzene rings is 2. The second-order valence-corrected chi connectivity index (χ2v) is 8.72. The molecule has 1 aliphatic carbocycles. The average Bonchev–Trinajstić information content (AvgIpc) is 2.76. The molecule has 1 atom stereocenters. The molecule has 8 nitrogen and oxygen atoms in total. The number of amides is 1. The van der Waals surface area contributed by atoms with Crippen LogP contribution in [0.2, 0.25) is 0 Å².